The SMILES string of the molecule is CC/C=C(/Nc1ncc(SCC)s1)N(C1CCCCC1)C1CCCCC1. The standard InChI is InChI=1S/C21H35N3S2/c1-3-11-19(23-21-22-16-20(26-21)25-4-2)24(17-12-7-5-8-13-17)18-14-9-6-10-15-18/h11,16-18H,3-10,12-15H2,1-2H3,(H,22,23)/b19-11-. The predicted molar refractivity (Wildman–Crippen MR) is 116 cm³/mol. The Labute approximate surface area is 168 Å². The molecule has 3 rings (SSSR count). The summed E-state index contributed by atoms with van der Waals surface area (Å²) in [5, 5.41) is 4.79. The number of hydrogen-bond donors (Lipinski definition) is 1. The van der Waals surface area contributed by atoms with Gasteiger partial charge in [0.25, 0.3) is 0 Å². The molecule has 26 heavy (non-hydrogen) atoms. The Balaban J connectivity index is 1.79. The van der Waals surface area contributed by atoms with Gasteiger partial charge in [-0.25, -0.2) is 4.98 Å². The monoisotopic (exact) mass is 393 g/mol. The van der Waals surface area contributed by atoms with Gasteiger partial charge in [-0.3, -0.25) is 0 Å². The maximum atomic E-state index is 4.65. The number of nitrogens with one attached hydrogen (secondary N) is 1. The lowest BCUT2D eigenvalue weighted by molar-refractivity contribution is 0.120. The predicted octanol–water partition coefficient (Wildman–Crippen LogP) is 6.89. The molecule has 5 heteroatoms. The average molecular weight is 394 g/mol. The van der Waals surface area contributed by atoms with Crippen molar-refractivity contribution < 1.29 is 0 Å². The Bertz CT molecular complexity index is 539. The number of thioether (sulfide) groups is 1. The van der Waals surface area contributed by atoms with Gasteiger partial charge in [0, 0.05) is 12.1 Å². The Hall–Kier alpha value is -0.680. The number of thiazole rings is 1. The molecule has 2 aliphatic rings. The Kier molecular flexibility index (Phi) is 8.18. The van der Waals surface area contributed by atoms with Crippen LogP contribution in [0.4, 0.5) is 5.13 Å². The summed E-state index contributed by atoms with van der Waals surface area (Å²) in [6, 6.07) is 1.42. The van der Waals surface area contributed by atoms with Crippen LogP contribution in [0.3, 0.4) is 0 Å². The van der Waals surface area contributed by atoms with Crippen LogP contribution in [0.15, 0.2) is 22.3 Å². The molecule has 0 radical (unpaired) electrons. The number of allylic oxidation sites excluding steroid dienone is 1. The van der Waals surface area contributed by atoms with Gasteiger partial charge in [-0.05, 0) is 43.9 Å². The summed E-state index contributed by atoms with van der Waals surface area (Å²) in [5.74, 6) is 2.43. The summed E-state index contributed by atoms with van der Waals surface area (Å²) >= 11 is 3.68. The van der Waals surface area contributed by atoms with Crippen LogP contribution in [-0.4, -0.2) is 27.7 Å². The lowest BCUT2D eigenvalue weighted by Crippen LogP contribution is -2.46. The number of nitrogens with zero attached hydrogens (tertiary/aromatic N) is 2. The van der Waals surface area contributed by atoms with Gasteiger partial charge in [0.05, 0.1) is 10.4 Å². The van der Waals surface area contributed by atoms with Gasteiger partial charge in [0.1, 0.15) is 5.82 Å². The highest BCUT2D eigenvalue weighted by Crippen LogP contribution is 2.35. The molecule has 0 unspecified atom stereocenters. The van der Waals surface area contributed by atoms with Gasteiger partial charge in [-0.2, -0.15) is 0 Å². The molecule has 1 heterocycles. The van der Waals surface area contributed by atoms with E-state index in [4.69, 9.17) is 0 Å². The van der Waals surface area contributed by atoms with Gasteiger partial charge >= 0.3 is 0 Å². The molecule has 1 aromatic heterocycles. The molecular weight excluding hydrogens is 358 g/mol. The zero-order chi connectivity index (χ0) is 18.2. The zero-order valence-corrected chi connectivity index (χ0v) is 18.1. The van der Waals surface area contributed by atoms with Crippen molar-refractivity contribution >= 4 is 28.2 Å². The van der Waals surface area contributed by atoms with E-state index in [1.807, 2.05) is 18.0 Å². The topological polar surface area (TPSA) is 28.2 Å². The molecular formula is C21H35N3S2. The average Bonchev–Trinajstić information content (AvgIpc) is 3.11. The van der Waals surface area contributed by atoms with Crippen LogP contribution in [0, 0.1) is 0 Å². The fourth-order valence-electron chi connectivity index (χ4n) is 4.46. The molecule has 2 fully saturated rings. The van der Waals surface area contributed by atoms with E-state index in [2.05, 4.69) is 35.1 Å². The third-order valence-corrected chi connectivity index (χ3v) is 7.61. The van der Waals surface area contributed by atoms with E-state index < -0.39 is 0 Å². The highest BCUT2D eigenvalue weighted by atomic mass is 32.2. The van der Waals surface area contributed by atoms with Gasteiger partial charge < -0.3 is 10.2 Å². The molecule has 0 aliphatic heterocycles. The molecule has 0 atom stereocenters. The van der Waals surface area contributed by atoms with Crippen molar-refractivity contribution in [2.75, 3.05) is 11.1 Å². The first kappa shape index (κ1) is 20.1. The van der Waals surface area contributed by atoms with E-state index in [1.165, 1.54) is 74.2 Å². The largest absolute Gasteiger partial charge is 0.352 e. The fraction of sp³-hybridized carbons (Fsp3) is 0.762. The number of anilines is 1. The Morgan fingerprint density at radius 1 is 1.12 bits per heavy atom. The van der Waals surface area contributed by atoms with E-state index in [0.717, 1.165) is 17.3 Å². The molecule has 0 amide bonds. The third kappa shape index (κ3) is 5.41. The third-order valence-electron chi connectivity index (χ3n) is 5.62. The summed E-state index contributed by atoms with van der Waals surface area (Å²) in [7, 11) is 0. The molecule has 2 saturated carbocycles. The molecule has 3 nitrogen and oxygen atoms in total. The van der Waals surface area contributed by atoms with Crippen LogP contribution in [-0.2, 0) is 0 Å². The van der Waals surface area contributed by atoms with Crippen molar-refractivity contribution in [3.05, 3.63) is 18.1 Å². The van der Waals surface area contributed by atoms with E-state index in [9.17, 15) is 0 Å². The van der Waals surface area contributed by atoms with Crippen molar-refractivity contribution in [2.24, 2.45) is 0 Å². The number of rotatable bonds is 8. The quantitative estimate of drug-likeness (QED) is 0.487. The van der Waals surface area contributed by atoms with Crippen LogP contribution in [0.25, 0.3) is 0 Å². The Morgan fingerprint density at radius 2 is 1.73 bits per heavy atom. The first-order valence-corrected chi connectivity index (χ1v) is 12.5. The maximum Gasteiger partial charge on any atom is 0.189 e. The first-order chi connectivity index (χ1) is 12.8. The van der Waals surface area contributed by atoms with Crippen molar-refractivity contribution in [1.82, 2.24) is 9.88 Å². The molecule has 0 bridgehead atoms. The van der Waals surface area contributed by atoms with Gasteiger partial charge in [0.15, 0.2) is 5.13 Å². The van der Waals surface area contributed by atoms with Crippen molar-refractivity contribution in [3.63, 3.8) is 0 Å². The number of hydrogen-bond acceptors (Lipinski definition) is 5. The second kappa shape index (κ2) is 10.6. The molecule has 0 saturated heterocycles. The smallest absolute Gasteiger partial charge is 0.189 e. The Morgan fingerprint density at radius 3 is 2.27 bits per heavy atom. The van der Waals surface area contributed by atoms with E-state index in [0.29, 0.717) is 12.1 Å². The molecule has 1 N–H and O–H groups in total. The van der Waals surface area contributed by atoms with E-state index >= 15 is 0 Å². The van der Waals surface area contributed by atoms with E-state index in [1.54, 1.807) is 11.3 Å². The lowest BCUT2D eigenvalue weighted by atomic mass is 9.88. The highest BCUT2D eigenvalue weighted by Gasteiger charge is 2.30. The van der Waals surface area contributed by atoms with Gasteiger partial charge in [0.2, 0.25) is 0 Å². The van der Waals surface area contributed by atoms with Gasteiger partial charge in [-0.1, -0.05) is 63.7 Å². The minimum Gasteiger partial charge on any atom is -0.352 e. The lowest BCUT2D eigenvalue weighted by Gasteiger charge is -2.44. The summed E-state index contributed by atoms with van der Waals surface area (Å²) in [6.45, 7) is 4.45. The van der Waals surface area contributed by atoms with Crippen LogP contribution >= 0.6 is 23.1 Å². The second-order valence-electron chi connectivity index (χ2n) is 7.53. The summed E-state index contributed by atoms with van der Waals surface area (Å²) < 4.78 is 1.31. The fourth-order valence-corrected chi connectivity index (χ4v) is 6.25. The normalized spacial score (nSPS) is 20.3. The minimum absolute atomic E-state index is 0.710. The summed E-state index contributed by atoms with van der Waals surface area (Å²) in [5.41, 5.74) is 0. The second-order valence-corrected chi connectivity index (χ2v) is 10.1. The summed E-state index contributed by atoms with van der Waals surface area (Å²) in [6.07, 6.45) is 19.3. The van der Waals surface area contributed by atoms with Crippen LogP contribution in [0.5, 0.6) is 0 Å². The van der Waals surface area contributed by atoms with Crippen LogP contribution in [0.2, 0.25) is 0 Å². The molecule has 146 valence electrons. The van der Waals surface area contributed by atoms with Crippen molar-refractivity contribution in [2.45, 2.75) is 101 Å². The molecule has 2 aliphatic carbocycles. The summed E-state index contributed by atoms with van der Waals surface area (Å²) in [4.78, 5) is 7.44. The zero-order valence-electron chi connectivity index (χ0n) is 16.5. The highest BCUT2D eigenvalue weighted by molar-refractivity contribution is 8.01. The van der Waals surface area contributed by atoms with E-state index in [-0.39, 0.29) is 0 Å². The number of aromatic nitrogens is 1. The molecule has 0 spiro atoms. The van der Waals surface area contributed by atoms with Gasteiger partial charge in [-0.15, -0.1) is 11.8 Å². The maximum absolute atomic E-state index is 4.65. The van der Waals surface area contributed by atoms with Crippen LogP contribution < -0.4 is 5.32 Å². The van der Waals surface area contributed by atoms with Crippen molar-refractivity contribution in [1.29, 1.82) is 0 Å². The first-order valence-electron chi connectivity index (χ1n) is 10.7. The molecule has 0 aromatic carbocycles. The minimum atomic E-state index is 0.710. The van der Waals surface area contributed by atoms with Crippen molar-refractivity contribution in [3.8, 4) is 0 Å². The van der Waals surface area contributed by atoms with Crippen LogP contribution in [0.1, 0.15) is 84.5 Å². The molecule has 1 aromatic rings.